The zero-order valence-corrected chi connectivity index (χ0v) is 10.8. The highest BCUT2D eigenvalue weighted by Crippen LogP contribution is 2.32. The van der Waals surface area contributed by atoms with E-state index in [1.807, 2.05) is 4.90 Å². The summed E-state index contributed by atoms with van der Waals surface area (Å²) in [5.74, 6) is -1.37. The van der Waals surface area contributed by atoms with E-state index in [1.54, 1.807) is 19.1 Å². The summed E-state index contributed by atoms with van der Waals surface area (Å²) in [6.45, 7) is 2.94. The second kappa shape index (κ2) is 4.87. The molecule has 2 rings (SSSR count). The third-order valence-electron chi connectivity index (χ3n) is 3.57. The van der Waals surface area contributed by atoms with Crippen LogP contribution < -0.4 is 10.6 Å². The van der Waals surface area contributed by atoms with E-state index >= 15 is 0 Å². The highest BCUT2D eigenvalue weighted by Gasteiger charge is 2.38. The number of carboxylic acid groups (broad SMARTS) is 1. The van der Waals surface area contributed by atoms with Crippen LogP contribution in [0.1, 0.15) is 30.3 Å². The van der Waals surface area contributed by atoms with Gasteiger partial charge >= 0.3 is 5.97 Å². The smallest absolute Gasteiger partial charge is 0.311 e. The molecule has 1 aliphatic rings. The lowest BCUT2D eigenvalue weighted by atomic mass is 9.82. The fourth-order valence-electron chi connectivity index (χ4n) is 2.39. The van der Waals surface area contributed by atoms with Crippen LogP contribution >= 0.6 is 0 Å². The van der Waals surface area contributed by atoms with Crippen molar-refractivity contribution in [1.29, 1.82) is 0 Å². The summed E-state index contributed by atoms with van der Waals surface area (Å²) < 4.78 is 0. The summed E-state index contributed by atoms with van der Waals surface area (Å²) in [5, 5.41) is 9.29. The van der Waals surface area contributed by atoms with E-state index < -0.39 is 17.3 Å². The van der Waals surface area contributed by atoms with Gasteiger partial charge in [-0.15, -0.1) is 0 Å². The summed E-state index contributed by atoms with van der Waals surface area (Å²) in [7, 11) is 0. The Morgan fingerprint density at radius 2 is 2.26 bits per heavy atom. The molecule has 0 saturated carbocycles. The van der Waals surface area contributed by atoms with Crippen molar-refractivity contribution >= 4 is 17.6 Å². The first-order chi connectivity index (χ1) is 8.92. The first-order valence-electron chi connectivity index (χ1n) is 6.16. The SMILES string of the molecule is CC1(C(=O)O)CCCN(c2ccnc(C(N)=O)c2)C1. The Bertz CT molecular complexity index is 518. The fourth-order valence-corrected chi connectivity index (χ4v) is 2.39. The van der Waals surface area contributed by atoms with Gasteiger partial charge in [0.2, 0.25) is 0 Å². The van der Waals surface area contributed by atoms with E-state index in [2.05, 4.69) is 4.98 Å². The molecular weight excluding hydrogens is 246 g/mol. The molecule has 6 heteroatoms. The zero-order valence-electron chi connectivity index (χ0n) is 10.8. The van der Waals surface area contributed by atoms with Crippen LogP contribution in [0.25, 0.3) is 0 Å². The van der Waals surface area contributed by atoms with Crippen molar-refractivity contribution in [3.05, 3.63) is 24.0 Å². The molecule has 1 unspecified atom stereocenters. The van der Waals surface area contributed by atoms with Crippen LogP contribution in [-0.4, -0.2) is 35.1 Å². The number of aromatic nitrogens is 1. The van der Waals surface area contributed by atoms with Crippen LogP contribution in [0.3, 0.4) is 0 Å². The largest absolute Gasteiger partial charge is 0.481 e. The van der Waals surface area contributed by atoms with Gasteiger partial charge in [0.15, 0.2) is 0 Å². The van der Waals surface area contributed by atoms with Crippen LogP contribution in [0.5, 0.6) is 0 Å². The third-order valence-corrected chi connectivity index (χ3v) is 3.57. The van der Waals surface area contributed by atoms with Gasteiger partial charge in [-0.1, -0.05) is 0 Å². The summed E-state index contributed by atoms with van der Waals surface area (Å²) >= 11 is 0. The normalized spacial score (nSPS) is 23.1. The molecule has 3 N–H and O–H groups in total. The maximum absolute atomic E-state index is 11.3. The standard InChI is InChI=1S/C13H17N3O3/c1-13(12(18)19)4-2-6-16(8-13)9-3-5-15-10(7-9)11(14)17/h3,5,7H,2,4,6,8H2,1H3,(H2,14,17)(H,18,19). The number of hydrogen-bond acceptors (Lipinski definition) is 4. The predicted molar refractivity (Wildman–Crippen MR) is 69.9 cm³/mol. The van der Waals surface area contributed by atoms with E-state index in [0.717, 1.165) is 18.7 Å². The molecule has 102 valence electrons. The molecule has 1 aliphatic heterocycles. The number of amides is 1. The number of carbonyl (C=O) groups is 2. The molecule has 0 aliphatic carbocycles. The number of nitrogens with two attached hydrogens (primary N) is 1. The number of rotatable bonds is 3. The summed E-state index contributed by atoms with van der Waals surface area (Å²) in [6, 6.07) is 3.37. The topological polar surface area (TPSA) is 96.5 Å². The Labute approximate surface area is 111 Å². The number of anilines is 1. The van der Waals surface area contributed by atoms with E-state index in [-0.39, 0.29) is 5.69 Å². The molecule has 0 bridgehead atoms. The summed E-state index contributed by atoms with van der Waals surface area (Å²) in [6.07, 6.45) is 2.98. The first kappa shape index (κ1) is 13.3. The number of piperidine rings is 1. The Morgan fingerprint density at radius 3 is 2.89 bits per heavy atom. The lowest BCUT2D eigenvalue weighted by Crippen LogP contribution is -2.46. The van der Waals surface area contributed by atoms with Crippen molar-refractivity contribution < 1.29 is 14.7 Å². The monoisotopic (exact) mass is 263 g/mol. The molecule has 1 aromatic rings. The molecule has 6 nitrogen and oxygen atoms in total. The van der Waals surface area contributed by atoms with Crippen LogP contribution in [0.2, 0.25) is 0 Å². The molecule has 1 amide bonds. The van der Waals surface area contributed by atoms with E-state index in [0.29, 0.717) is 13.0 Å². The van der Waals surface area contributed by atoms with Gasteiger partial charge in [-0.05, 0) is 31.9 Å². The average Bonchev–Trinajstić information content (AvgIpc) is 2.39. The number of aliphatic carboxylic acids is 1. The van der Waals surface area contributed by atoms with E-state index in [4.69, 9.17) is 5.73 Å². The predicted octanol–water partition coefficient (Wildman–Crippen LogP) is 0.872. The highest BCUT2D eigenvalue weighted by molar-refractivity contribution is 5.91. The minimum absolute atomic E-state index is 0.195. The van der Waals surface area contributed by atoms with Gasteiger partial charge in [0, 0.05) is 25.0 Å². The van der Waals surface area contributed by atoms with Gasteiger partial charge in [-0.25, -0.2) is 0 Å². The number of carbonyl (C=O) groups excluding carboxylic acids is 1. The van der Waals surface area contributed by atoms with Crippen molar-refractivity contribution in [2.24, 2.45) is 11.1 Å². The van der Waals surface area contributed by atoms with Crippen LogP contribution in [0, 0.1) is 5.41 Å². The van der Waals surface area contributed by atoms with Crippen molar-refractivity contribution in [2.75, 3.05) is 18.0 Å². The molecule has 1 atom stereocenters. The van der Waals surface area contributed by atoms with Crippen molar-refractivity contribution in [1.82, 2.24) is 4.98 Å². The maximum Gasteiger partial charge on any atom is 0.311 e. The summed E-state index contributed by atoms with van der Waals surface area (Å²) in [5.41, 5.74) is 5.43. The lowest BCUT2D eigenvalue weighted by molar-refractivity contribution is -0.148. The van der Waals surface area contributed by atoms with Crippen LogP contribution in [0.15, 0.2) is 18.3 Å². The van der Waals surface area contributed by atoms with Gasteiger partial charge < -0.3 is 15.7 Å². The first-order valence-corrected chi connectivity index (χ1v) is 6.16. The van der Waals surface area contributed by atoms with E-state index in [1.165, 1.54) is 6.20 Å². The molecule has 2 heterocycles. The molecule has 0 spiro atoms. The molecule has 1 aromatic heterocycles. The fraction of sp³-hybridized carbons (Fsp3) is 0.462. The van der Waals surface area contributed by atoms with Gasteiger partial charge in [0.05, 0.1) is 5.41 Å². The molecule has 19 heavy (non-hydrogen) atoms. The Morgan fingerprint density at radius 1 is 1.53 bits per heavy atom. The Kier molecular flexibility index (Phi) is 3.42. The lowest BCUT2D eigenvalue weighted by Gasteiger charge is -2.38. The number of nitrogens with zero attached hydrogens (tertiary/aromatic N) is 2. The maximum atomic E-state index is 11.3. The van der Waals surface area contributed by atoms with Crippen molar-refractivity contribution in [3.8, 4) is 0 Å². The minimum Gasteiger partial charge on any atom is -0.481 e. The molecule has 0 aromatic carbocycles. The minimum atomic E-state index is -0.790. The van der Waals surface area contributed by atoms with Gasteiger partial charge in [-0.3, -0.25) is 14.6 Å². The second-order valence-electron chi connectivity index (χ2n) is 5.15. The van der Waals surface area contributed by atoms with Crippen LogP contribution in [0.4, 0.5) is 5.69 Å². The number of pyridine rings is 1. The highest BCUT2D eigenvalue weighted by atomic mass is 16.4. The second-order valence-corrected chi connectivity index (χ2v) is 5.15. The van der Waals surface area contributed by atoms with Gasteiger partial charge in [-0.2, -0.15) is 0 Å². The number of primary amides is 1. The third kappa shape index (κ3) is 2.67. The molecule has 0 radical (unpaired) electrons. The molecular formula is C13H17N3O3. The Hall–Kier alpha value is -2.11. The van der Waals surface area contributed by atoms with Gasteiger partial charge in [0.25, 0.3) is 5.91 Å². The molecule has 1 fully saturated rings. The number of carboxylic acids is 1. The van der Waals surface area contributed by atoms with Crippen molar-refractivity contribution in [2.45, 2.75) is 19.8 Å². The quantitative estimate of drug-likeness (QED) is 0.843. The number of hydrogen-bond donors (Lipinski definition) is 2. The van der Waals surface area contributed by atoms with Gasteiger partial charge in [0.1, 0.15) is 5.69 Å². The Balaban J connectivity index is 2.24. The zero-order chi connectivity index (χ0) is 14.0. The summed E-state index contributed by atoms with van der Waals surface area (Å²) in [4.78, 5) is 28.3. The van der Waals surface area contributed by atoms with Crippen LogP contribution in [-0.2, 0) is 4.79 Å². The van der Waals surface area contributed by atoms with E-state index in [9.17, 15) is 14.7 Å². The molecule has 1 saturated heterocycles. The van der Waals surface area contributed by atoms with Crippen molar-refractivity contribution in [3.63, 3.8) is 0 Å². The average molecular weight is 263 g/mol.